The Kier molecular flexibility index (Phi) is 3.90. The molecule has 0 fully saturated rings. The van der Waals surface area contributed by atoms with Gasteiger partial charge in [0.2, 0.25) is 0 Å². The topological polar surface area (TPSA) is 52.3 Å². The number of carbonyl (C=O) groups is 1. The molecule has 3 nitrogen and oxygen atoms in total. The number of hydrogen-bond acceptors (Lipinski definition) is 3. The fourth-order valence-electron chi connectivity index (χ4n) is 1.74. The third-order valence-electron chi connectivity index (χ3n) is 2.72. The maximum atomic E-state index is 13.2. The van der Waals surface area contributed by atoms with Crippen LogP contribution in [0.5, 0.6) is 5.75 Å². The van der Waals surface area contributed by atoms with Gasteiger partial charge in [-0.25, -0.2) is 8.78 Å². The highest BCUT2D eigenvalue weighted by Crippen LogP contribution is 2.28. The van der Waals surface area contributed by atoms with E-state index in [-0.39, 0.29) is 21.9 Å². The van der Waals surface area contributed by atoms with Gasteiger partial charge in [-0.15, -0.1) is 0 Å². The Morgan fingerprint density at radius 2 is 1.80 bits per heavy atom. The second-order valence-corrected chi connectivity index (χ2v) is 4.44. The lowest BCUT2D eigenvalue weighted by Crippen LogP contribution is -2.06. The molecule has 0 saturated heterocycles. The first-order valence-corrected chi connectivity index (χ1v) is 5.94. The van der Waals surface area contributed by atoms with Gasteiger partial charge in [-0.2, -0.15) is 0 Å². The van der Waals surface area contributed by atoms with Crippen LogP contribution in [0.15, 0.2) is 30.3 Å². The van der Waals surface area contributed by atoms with Crippen molar-refractivity contribution >= 4 is 23.1 Å². The zero-order valence-corrected chi connectivity index (χ0v) is 11.2. The standard InChI is InChI=1S/C14H10ClF2NO2/c1-20-13-4-7(18)2-3-8(13)14(19)9-5-11(16)12(17)6-10(9)15/h2-6H,18H2,1H3. The van der Waals surface area contributed by atoms with Crippen molar-refractivity contribution in [2.24, 2.45) is 0 Å². The molecule has 0 bridgehead atoms. The monoisotopic (exact) mass is 297 g/mol. The molecule has 2 aromatic rings. The molecule has 104 valence electrons. The number of ketones is 1. The van der Waals surface area contributed by atoms with E-state index in [2.05, 4.69) is 0 Å². The SMILES string of the molecule is COc1cc(N)ccc1C(=O)c1cc(F)c(F)cc1Cl. The summed E-state index contributed by atoms with van der Waals surface area (Å²) in [4.78, 5) is 12.3. The van der Waals surface area contributed by atoms with Crippen LogP contribution in [0.2, 0.25) is 5.02 Å². The van der Waals surface area contributed by atoms with Crippen LogP contribution in [0, 0.1) is 11.6 Å². The minimum Gasteiger partial charge on any atom is -0.496 e. The summed E-state index contributed by atoms with van der Waals surface area (Å²) in [5.74, 6) is -2.61. The number of anilines is 1. The molecule has 20 heavy (non-hydrogen) atoms. The van der Waals surface area contributed by atoms with Crippen LogP contribution in [-0.2, 0) is 0 Å². The molecule has 2 rings (SSSR count). The lowest BCUT2D eigenvalue weighted by molar-refractivity contribution is 0.103. The van der Waals surface area contributed by atoms with Gasteiger partial charge in [-0.1, -0.05) is 11.6 Å². The van der Waals surface area contributed by atoms with E-state index in [9.17, 15) is 13.6 Å². The molecule has 0 amide bonds. The molecule has 0 aliphatic rings. The van der Waals surface area contributed by atoms with E-state index < -0.39 is 17.4 Å². The van der Waals surface area contributed by atoms with E-state index in [1.165, 1.54) is 25.3 Å². The Balaban J connectivity index is 2.54. The van der Waals surface area contributed by atoms with Crippen LogP contribution in [0.4, 0.5) is 14.5 Å². The molecule has 2 N–H and O–H groups in total. The number of rotatable bonds is 3. The number of nitrogens with two attached hydrogens (primary N) is 1. The van der Waals surface area contributed by atoms with Crippen molar-refractivity contribution in [1.82, 2.24) is 0 Å². The molecule has 2 aromatic carbocycles. The minimum atomic E-state index is -1.15. The zero-order chi connectivity index (χ0) is 14.9. The molecule has 0 aliphatic carbocycles. The summed E-state index contributed by atoms with van der Waals surface area (Å²) in [5.41, 5.74) is 6.02. The van der Waals surface area contributed by atoms with E-state index in [4.69, 9.17) is 22.1 Å². The number of halogens is 3. The van der Waals surface area contributed by atoms with E-state index in [0.29, 0.717) is 5.69 Å². The zero-order valence-electron chi connectivity index (χ0n) is 10.4. The molecular weight excluding hydrogens is 288 g/mol. The average Bonchev–Trinajstić information content (AvgIpc) is 2.42. The quantitative estimate of drug-likeness (QED) is 0.536. The van der Waals surface area contributed by atoms with Gasteiger partial charge in [0.1, 0.15) is 5.75 Å². The van der Waals surface area contributed by atoms with Crippen LogP contribution in [0.25, 0.3) is 0 Å². The predicted molar refractivity (Wildman–Crippen MR) is 72.2 cm³/mol. The van der Waals surface area contributed by atoms with Crippen LogP contribution >= 0.6 is 11.6 Å². The van der Waals surface area contributed by atoms with Gasteiger partial charge in [-0.05, 0) is 24.3 Å². The van der Waals surface area contributed by atoms with E-state index in [1.54, 1.807) is 0 Å². The third kappa shape index (κ3) is 2.58. The average molecular weight is 298 g/mol. The van der Waals surface area contributed by atoms with Crippen molar-refractivity contribution in [2.45, 2.75) is 0 Å². The second-order valence-electron chi connectivity index (χ2n) is 4.04. The molecule has 6 heteroatoms. The number of hydrogen-bond donors (Lipinski definition) is 1. The van der Waals surface area contributed by atoms with E-state index >= 15 is 0 Å². The van der Waals surface area contributed by atoms with Crippen molar-refractivity contribution in [3.63, 3.8) is 0 Å². The first-order valence-electron chi connectivity index (χ1n) is 5.56. The Hall–Kier alpha value is -2.14. The highest BCUT2D eigenvalue weighted by Gasteiger charge is 2.19. The van der Waals surface area contributed by atoms with Gasteiger partial charge in [0.15, 0.2) is 17.4 Å². The van der Waals surface area contributed by atoms with Crippen molar-refractivity contribution in [3.8, 4) is 5.75 Å². The summed E-state index contributed by atoms with van der Waals surface area (Å²) in [7, 11) is 1.37. The molecule has 0 atom stereocenters. The number of ether oxygens (including phenoxy) is 1. The molecular formula is C14H10ClF2NO2. The van der Waals surface area contributed by atoms with Gasteiger partial charge in [0, 0.05) is 17.3 Å². The summed E-state index contributed by atoms with van der Waals surface area (Å²) < 4.78 is 31.3. The lowest BCUT2D eigenvalue weighted by atomic mass is 10.0. The molecule has 0 aliphatic heterocycles. The van der Waals surface area contributed by atoms with Crippen molar-refractivity contribution in [2.75, 3.05) is 12.8 Å². The van der Waals surface area contributed by atoms with Crippen LogP contribution in [-0.4, -0.2) is 12.9 Å². The van der Waals surface area contributed by atoms with Gasteiger partial charge >= 0.3 is 0 Å². The summed E-state index contributed by atoms with van der Waals surface area (Å²) in [6.45, 7) is 0. The molecule has 0 radical (unpaired) electrons. The van der Waals surface area contributed by atoms with Crippen LogP contribution < -0.4 is 10.5 Å². The van der Waals surface area contributed by atoms with Gasteiger partial charge in [-0.3, -0.25) is 4.79 Å². The number of methoxy groups -OCH3 is 1. The minimum absolute atomic E-state index is 0.145. The molecule has 0 unspecified atom stereocenters. The van der Waals surface area contributed by atoms with Crippen molar-refractivity contribution < 1.29 is 18.3 Å². The molecule has 0 saturated carbocycles. The highest BCUT2D eigenvalue weighted by atomic mass is 35.5. The summed E-state index contributed by atoms with van der Waals surface area (Å²) in [6.07, 6.45) is 0. The van der Waals surface area contributed by atoms with Crippen LogP contribution in [0.3, 0.4) is 0 Å². The Morgan fingerprint density at radius 1 is 1.15 bits per heavy atom. The molecule has 0 spiro atoms. The Bertz CT molecular complexity index is 689. The van der Waals surface area contributed by atoms with E-state index in [1.807, 2.05) is 0 Å². The third-order valence-corrected chi connectivity index (χ3v) is 3.04. The number of benzene rings is 2. The summed E-state index contributed by atoms with van der Waals surface area (Å²) >= 11 is 5.78. The predicted octanol–water partition coefficient (Wildman–Crippen LogP) is 3.44. The Morgan fingerprint density at radius 3 is 2.45 bits per heavy atom. The maximum absolute atomic E-state index is 13.2. The normalized spacial score (nSPS) is 10.4. The smallest absolute Gasteiger partial charge is 0.198 e. The Labute approximate surface area is 118 Å². The van der Waals surface area contributed by atoms with Crippen LogP contribution in [0.1, 0.15) is 15.9 Å². The fourth-order valence-corrected chi connectivity index (χ4v) is 1.97. The first kappa shape index (κ1) is 14.3. The second kappa shape index (κ2) is 5.46. The molecule has 0 heterocycles. The first-order chi connectivity index (χ1) is 9.43. The van der Waals surface area contributed by atoms with Gasteiger partial charge < -0.3 is 10.5 Å². The summed E-state index contributed by atoms with van der Waals surface area (Å²) in [6, 6.07) is 5.92. The van der Waals surface area contributed by atoms with Gasteiger partial charge in [0.05, 0.1) is 17.7 Å². The fraction of sp³-hybridized carbons (Fsp3) is 0.0714. The summed E-state index contributed by atoms with van der Waals surface area (Å²) in [5, 5.41) is -0.173. The van der Waals surface area contributed by atoms with E-state index in [0.717, 1.165) is 12.1 Å². The van der Waals surface area contributed by atoms with Crippen molar-refractivity contribution in [3.05, 3.63) is 58.1 Å². The highest BCUT2D eigenvalue weighted by molar-refractivity contribution is 6.35. The lowest BCUT2D eigenvalue weighted by Gasteiger charge is -2.10. The number of carbonyl (C=O) groups excluding carboxylic acids is 1. The number of nitrogen functional groups attached to an aromatic ring is 1. The van der Waals surface area contributed by atoms with Gasteiger partial charge in [0.25, 0.3) is 0 Å². The largest absolute Gasteiger partial charge is 0.496 e. The maximum Gasteiger partial charge on any atom is 0.198 e. The molecule has 0 aromatic heterocycles. The van der Waals surface area contributed by atoms with Crippen molar-refractivity contribution in [1.29, 1.82) is 0 Å².